The van der Waals surface area contributed by atoms with Crippen LogP contribution >= 0.6 is 23.1 Å². The Kier molecular flexibility index (Phi) is 5.67. The maximum atomic E-state index is 12.6. The number of rotatable bonds is 6. The van der Waals surface area contributed by atoms with E-state index in [1.54, 1.807) is 11.9 Å². The van der Waals surface area contributed by atoms with E-state index in [9.17, 15) is 4.79 Å². The Hall–Kier alpha value is -2.38. The summed E-state index contributed by atoms with van der Waals surface area (Å²) in [4.78, 5) is 14.3. The summed E-state index contributed by atoms with van der Waals surface area (Å²) in [5.41, 5.74) is 1.84. The van der Waals surface area contributed by atoms with Crippen LogP contribution in [0.1, 0.15) is 6.92 Å². The number of para-hydroxylation sites is 2. The van der Waals surface area contributed by atoms with E-state index in [0.29, 0.717) is 5.13 Å². The number of carbonyl (C=O) groups excluding carboxylic acids is 1. The fourth-order valence-electron chi connectivity index (χ4n) is 2.21. The highest BCUT2D eigenvalue weighted by molar-refractivity contribution is 8.02. The first-order valence-electron chi connectivity index (χ1n) is 7.78. The standard InChI is InChI=1S/C18H18N4OS2/c1-13(16(23)22(2)15-11-7-4-8-12-15)24-18-21-20-17(25-18)19-14-9-5-3-6-10-14/h3-13H,1-2H3,(H,19,20)/t13-/m1/s1. The number of hydrogen-bond donors (Lipinski definition) is 1. The van der Waals surface area contributed by atoms with Crippen molar-refractivity contribution in [3.8, 4) is 0 Å². The van der Waals surface area contributed by atoms with Gasteiger partial charge in [0.25, 0.3) is 0 Å². The van der Waals surface area contributed by atoms with E-state index in [2.05, 4.69) is 15.5 Å². The van der Waals surface area contributed by atoms with Crippen LogP contribution in [-0.2, 0) is 4.79 Å². The highest BCUT2D eigenvalue weighted by atomic mass is 32.2. The zero-order valence-electron chi connectivity index (χ0n) is 13.9. The molecular formula is C18H18N4OS2. The number of anilines is 3. The van der Waals surface area contributed by atoms with Crippen LogP contribution in [0.15, 0.2) is 65.0 Å². The Morgan fingerprint density at radius 3 is 2.40 bits per heavy atom. The van der Waals surface area contributed by atoms with Crippen molar-refractivity contribution in [2.24, 2.45) is 0 Å². The van der Waals surface area contributed by atoms with Gasteiger partial charge in [0, 0.05) is 18.4 Å². The van der Waals surface area contributed by atoms with E-state index < -0.39 is 0 Å². The summed E-state index contributed by atoms with van der Waals surface area (Å²) in [5.74, 6) is 0.0315. The summed E-state index contributed by atoms with van der Waals surface area (Å²) in [5, 5.41) is 12.0. The lowest BCUT2D eigenvalue weighted by molar-refractivity contribution is -0.117. The van der Waals surface area contributed by atoms with Crippen molar-refractivity contribution in [1.82, 2.24) is 10.2 Å². The lowest BCUT2D eigenvalue weighted by Gasteiger charge is -2.20. The zero-order valence-corrected chi connectivity index (χ0v) is 15.6. The van der Waals surface area contributed by atoms with Gasteiger partial charge < -0.3 is 10.2 Å². The molecule has 25 heavy (non-hydrogen) atoms. The molecule has 128 valence electrons. The molecule has 3 rings (SSSR count). The van der Waals surface area contributed by atoms with Crippen LogP contribution in [0, 0.1) is 0 Å². The molecule has 1 atom stereocenters. The maximum absolute atomic E-state index is 12.6. The second-order valence-corrected chi connectivity index (χ2v) is 7.92. The minimum atomic E-state index is -0.247. The van der Waals surface area contributed by atoms with Crippen LogP contribution in [-0.4, -0.2) is 28.4 Å². The molecule has 0 bridgehead atoms. The van der Waals surface area contributed by atoms with Crippen molar-refractivity contribution in [3.63, 3.8) is 0 Å². The predicted octanol–water partition coefficient (Wildman–Crippen LogP) is 4.43. The molecule has 3 aromatic rings. The monoisotopic (exact) mass is 370 g/mol. The molecule has 0 fully saturated rings. The molecule has 7 heteroatoms. The first-order valence-corrected chi connectivity index (χ1v) is 9.48. The summed E-state index contributed by atoms with van der Waals surface area (Å²) < 4.78 is 0.765. The Balaban J connectivity index is 1.61. The largest absolute Gasteiger partial charge is 0.330 e. The molecule has 5 nitrogen and oxygen atoms in total. The van der Waals surface area contributed by atoms with Gasteiger partial charge in [-0.3, -0.25) is 4.79 Å². The van der Waals surface area contributed by atoms with Crippen molar-refractivity contribution in [3.05, 3.63) is 60.7 Å². The van der Waals surface area contributed by atoms with Crippen LogP contribution in [0.2, 0.25) is 0 Å². The summed E-state index contributed by atoms with van der Waals surface area (Å²) in [6.45, 7) is 1.89. The molecule has 0 aliphatic heterocycles. The lowest BCUT2D eigenvalue weighted by atomic mass is 10.3. The minimum Gasteiger partial charge on any atom is -0.330 e. The van der Waals surface area contributed by atoms with Crippen molar-refractivity contribution < 1.29 is 4.79 Å². The molecule has 0 unspecified atom stereocenters. The molecule has 0 saturated carbocycles. The van der Waals surface area contributed by atoms with E-state index >= 15 is 0 Å². The molecule has 0 saturated heterocycles. The van der Waals surface area contributed by atoms with Gasteiger partial charge in [-0.2, -0.15) is 0 Å². The second-order valence-electron chi connectivity index (χ2n) is 5.36. The third-order valence-electron chi connectivity index (χ3n) is 3.53. The Bertz CT molecular complexity index is 823. The van der Waals surface area contributed by atoms with Gasteiger partial charge in [-0.05, 0) is 31.2 Å². The summed E-state index contributed by atoms with van der Waals surface area (Å²) in [7, 11) is 1.79. The van der Waals surface area contributed by atoms with Crippen LogP contribution in [0.5, 0.6) is 0 Å². The number of benzene rings is 2. The van der Waals surface area contributed by atoms with Crippen molar-refractivity contribution >= 4 is 45.5 Å². The summed E-state index contributed by atoms with van der Waals surface area (Å²) in [6.07, 6.45) is 0. The fraction of sp³-hybridized carbons (Fsp3) is 0.167. The van der Waals surface area contributed by atoms with Gasteiger partial charge in [0.2, 0.25) is 11.0 Å². The van der Waals surface area contributed by atoms with E-state index in [1.165, 1.54) is 23.1 Å². The molecule has 1 N–H and O–H groups in total. The average Bonchev–Trinajstić information content (AvgIpc) is 3.08. The first-order chi connectivity index (χ1) is 12.1. The molecule has 1 amide bonds. The third kappa shape index (κ3) is 4.58. The van der Waals surface area contributed by atoms with Gasteiger partial charge >= 0.3 is 0 Å². The van der Waals surface area contributed by atoms with E-state index in [4.69, 9.17) is 0 Å². The van der Waals surface area contributed by atoms with Crippen molar-refractivity contribution in [1.29, 1.82) is 0 Å². The molecule has 0 radical (unpaired) electrons. The van der Waals surface area contributed by atoms with Crippen LogP contribution in [0.25, 0.3) is 0 Å². The van der Waals surface area contributed by atoms with Gasteiger partial charge in [-0.15, -0.1) is 10.2 Å². The number of aromatic nitrogens is 2. The molecule has 0 aliphatic rings. The number of thioether (sulfide) groups is 1. The maximum Gasteiger partial charge on any atom is 0.240 e. The molecule has 0 spiro atoms. The van der Waals surface area contributed by atoms with Gasteiger partial charge in [0.1, 0.15) is 0 Å². The summed E-state index contributed by atoms with van der Waals surface area (Å²) >= 11 is 2.86. The molecule has 1 heterocycles. The minimum absolute atomic E-state index is 0.0315. The number of nitrogens with one attached hydrogen (secondary N) is 1. The van der Waals surface area contributed by atoms with Crippen LogP contribution < -0.4 is 10.2 Å². The molecule has 1 aromatic heterocycles. The van der Waals surface area contributed by atoms with Gasteiger partial charge in [-0.1, -0.05) is 59.5 Å². The predicted molar refractivity (Wildman–Crippen MR) is 105 cm³/mol. The van der Waals surface area contributed by atoms with Crippen molar-refractivity contribution in [2.45, 2.75) is 16.5 Å². The normalized spacial score (nSPS) is 11.8. The first kappa shape index (κ1) is 17.4. The number of hydrogen-bond acceptors (Lipinski definition) is 6. The number of nitrogens with zero attached hydrogens (tertiary/aromatic N) is 3. The van der Waals surface area contributed by atoms with E-state index in [0.717, 1.165) is 15.7 Å². The topological polar surface area (TPSA) is 58.1 Å². The average molecular weight is 371 g/mol. The van der Waals surface area contributed by atoms with Crippen LogP contribution in [0.4, 0.5) is 16.5 Å². The molecule has 0 aliphatic carbocycles. The Morgan fingerprint density at radius 2 is 1.72 bits per heavy atom. The molecule has 2 aromatic carbocycles. The van der Waals surface area contributed by atoms with Crippen LogP contribution in [0.3, 0.4) is 0 Å². The van der Waals surface area contributed by atoms with Crippen molar-refractivity contribution in [2.75, 3.05) is 17.3 Å². The van der Waals surface area contributed by atoms with Gasteiger partial charge in [0.05, 0.1) is 5.25 Å². The SMILES string of the molecule is C[C@@H](Sc1nnc(Nc2ccccc2)s1)C(=O)N(C)c1ccccc1. The summed E-state index contributed by atoms with van der Waals surface area (Å²) in [6, 6.07) is 19.4. The second kappa shape index (κ2) is 8.13. The number of amides is 1. The number of carbonyl (C=O) groups is 1. The van der Waals surface area contributed by atoms with E-state index in [-0.39, 0.29) is 11.2 Å². The highest BCUT2D eigenvalue weighted by Crippen LogP contribution is 2.31. The Morgan fingerprint density at radius 1 is 1.08 bits per heavy atom. The third-order valence-corrected chi connectivity index (χ3v) is 5.54. The lowest BCUT2D eigenvalue weighted by Crippen LogP contribution is -2.33. The van der Waals surface area contributed by atoms with E-state index in [1.807, 2.05) is 67.6 Å². The van der Waals surface area contributed by atoms with Gasteiger partial charge in [-0.25, -0.2) is 0 Å². The smallest absolute Gasteiger partial charge is 0.240 e. The quantitative estimate of drug-likeness (QED) is 0.651. The fourth-order valence-corrected chi connectivity index (χ4v) is 4.22. The van der Waals surface area contributed by atoms with Gasteiger partial charge in [0.15, 0.2) is 4.34 Å². The Labute approximate surface area is 155 Å². The zero-order chi connectivity index (χ0) is 17.6. The highest BCUT2D eigenvalue weighted by Gasteiger charge is 2.21. The molecular weight excluding hydrogens is 352 g/mol.